The second-order valence-corrected chi connectivity index (χ2v) is 6.11. The highest BCUT2D eigenvalue weighted by Crippen LogP contribution is 2.48. The van der Waals surface area contributed by atoms with Gasteiger partial charge in [0.1, 0.15) is 11.2 Å². The van der Waals surface area contributed by atoms with Crippen LogP contribution in [0.1, 0.15) is 19.3 Å². The average Bonchev–Trinajstić information content (AvgIpc) is 3.31. The van der Waals surface area contributed by atoms with Crippen molar-refractivity contribution in [2.24, 2.45) is 5.41 Å². The summed E-state index contributed by atoms with van der Waals surface area (Å²) in [6.45, 7) is 2.14. The van der Waals surface area contributed by atoms with E-state index in [4.69, 9.17) is 14.6 Å². The Morgan fingerprint density at radius 2 is 1.87 bits per heavy atom. The molecule has 6 heteroatoms. The zero-order valence-corrected chi connectivity index (χ0v) is 12.9. The van der Waals surface area contributed by atoms with Gasteiger partial charge in [0.25, 0.3) is 0 Å². The molecule has 23 heavy (non-hydrogen) atoms. The Bertz CT molecular complexity index is 564. The van der Waals surface area contributed by atoms with Gasteiger partial charge in [0.2, 0.25) is 5.91 Å². The first kappa shape index (κ1) is 15.8. The van der Waals surface area contributed by atoms with Gasteiger partial charge in [0, 0.05) is 19.5 Å². The predicted molar refractivity (Wildman–Crippen MR) is 82.2 cm³/mol. The molecule has 0 unspecified atom stereocenters. The summed E-state index contributed by atoms with van der Waals surface area (Å²) in [5.74, 6) is -0.404. The number of para-hydroxylation sites is 1. The Kier molecular flexibility index (Phi) is 4.52. The van der Waals surface area contributed by atoms with Gasteiger partial charge in [-0.2, -0.15) is 0 Å². The topological polar surface area (TPSA) is 76.1 Å². The lowest BCUT2D eigenvalue weighted by atomic mass is 10.0. The number of carboxylic acids is 1. The van der Waals surface area contributed by atoms with E-state index in [0.717, 1.165) is 12.2 Å². The van der Waals surface area contributed by atoms with Crippen LogP contribution in [0.3, 0.4) is 0 Å². The molecule has 1 amide bonds. The Balaban J connectivity index is 1.28. The third-order valence-electron chi connectivity index (χ3n) is 4.36. The standard InChI is InChI=1S/C17H21NO5/c19-15(17(7-8-17)16(20)21)18-11-14(12-18)23-10-4-9-22-13-5-2-1-3-6-13/h1-3,5-6,14H,4,7-12H2,(H,20,21). The maximum Gasteiger partial charge on any atom is 0.319 e. The van der Waals surface area contributed by atoms with Gasteiger partial charge in [-0.1, -0.05) is 18.2 Å². The number of carboxylic acid groups (broad SMARTS) is 1. The summed E-state index contributed by atoms with van der Waals surface area (Å²) in [6.07, 6.45) is 1.71. The Labute approximate surface area is 135 Å². The fourth-order valence-corrected chi connectivity index (χ4v) is 2.67. The van der Waals surface area contributed by atoms with Crippen molar-refractivity contribution in [2.75, 3.05) is 26.3 Å². The Hall–Kier alpha value is -2.08. The lowest BCUT2D eigenvalue weighted by Crippen LogP contribution is -2.57. The van der Waals surface area contributed by atoms with Crippen LogP contribution >= 0.6 is 0 Å². The van der Waals surface area contributed by atoms with Crippen LogP contribution in [-0.2, 0) is 14.3 Å². The van der Waals surface area contributed by atoms with Crippen molar-refractivity contribution in [3.05, 3.63) is 30.3 Å². The van der Waals surface area contributed by atoms with E-state index in [-0.39, 0.29) is 12.0 Å². The molecule has 1 saturated heterocycles. The van der Waals surface area contributed by atoms with Gasteiger partial charge in [-0.15, -0.1) is 0 Å². The van der Waals surface area contributed by atoms with Crippen LogP contribution < -0.4 is 4.74 Å². The molecule has 1 aliphatic carbocycles. The molecule has 1 N–H and O–H groups in total. The number of hydrogen-bond acceptors (Lipinski definition) is 4. The number of carbonyl (C=O) groups is 2. The SMILES string of the molecule is O=C(O)C1(C(=O)N2CC(OCCCOc3ccccc3)C2)CC1. The van der Waals surface area contributed by atoms with Crippen LogP contribution in [-0.4, -0.2) is 54.3 Å². The van der Waals surface area contributed by atoms with Crippen LogP contribution in [0.5, 0.6) is 5.75 Å². The summed E-state index contributed by atoms with van der Waals surface area (Å²) in [4.78, 5) is 24.8. The van der Waals surface area contributed by atoms with Crippen LogP contribution in [0.2, 0.25) is 0 Å². The molecule has 2 aliphatic rings. The number of hydrogen-bond donors (Lipinski definition) is 1. The van der Waals surface area contributed by atoms with Crippen molar-refractivity contribution in [2.45, 2.75) is 25.4 Å². The molecule has 0 atom stereocenters. The maximum atomic E-state index is 12.1. The summed E-state index contributed by atoms with van der Waals surface area (Å²) in [5.41, 5.74) is -1.13. The summed E-state index contributed by atoms with van der Waals surface area (Å²) < 4.78 is 11.2. The fourth-order valence-electron chi connectivity index (χ4n) is 2.67. The normalized spacial score (nSPS) is 19.0. The van der Waals surface area contributed by atoms with E-state index in [1.54, 1.807) is 4.90 Å². The minimum absolute atomic E-state index is 0.0141. The average molecular weight is 319 g/mol. The van der Waals surface area contributed by atoms with Crippen molar-refractivity contribution < 1.29 is 24.2 Å². The molecule has 6 nitrogen and oxygen atoms in total. The van der Waals surface area contributed by atoms with Gasteiger partial charge in [-0.3, -0.25) is 9.59 Å². The van der Waals surface area contributed by atoms with E-state index in [2.05, 4.69) is 0 Å². The van der Waals surface area contributed by atoms with Crippen molar-refractivity contribution in [3.63, 3.8) is 0 Å². The van der Waals surface area contributed by atoms with Gasteiger partial charge in [0.15, 0.2) is 0 Å². The molecule has 0 radical (unpaired) electrons. The summed E-state index contributed by atoms with van der Waals surface area (Å²) >= 11 is 0. The first-order chi connectivity index (χ1) is 11.1. The molecule has 0 aromatic heterocycles. The Morgan fingerprint density at radius 1 is 1.17 bits per heavy atom. The van der Waals surface area contributed by atoms with Gasteiger partial charge in [-0.25, -0.2) is 0 Å². The first-order valence-electron chi connectivity index (χ1n) is 7.94. The van der Waals surface area contributed by atoms with Crippen molar-refractivity contribution >= 4 is 11.9 Å². The smallest absolute Gasteiger partial charge is 0.319 e. The molecule has 0 bridgehead atoms. The number of aliphatic carboxylic acids is 1. The van der Waals surface area contributed by atoms with E-state index in [1.807, 2.05) is 30.3 Å². The van der Waals surface area contributed by atoms with Crippen LogP contribution in [0.15, 0.2) is 30.3 Å². The molecular formula is C17H21NO5. The highest BCUT2D eigenvalue weighted by molar-refractivity contribution is 6.05. The zero-order valence-electron chi connectivity index (χ0n) is 12.9. The number of ether oxygens (including phenoxy) is 2. The largest absolute Gasteiger partial charge is 0.494 e. The van der Waals surface area contributed by atoms with Gasteiger partial charge in [-0.05, 0) is 25.0 Å². The second-order valence-electron chi connectivity index (χ2n) is 6.11. The van der Waals surface area contributed by atoms with E-state index < -0.39 is 11.4 Å². The molecule has 1 aromatic carbocycles. The predicted octanol–water partition coefficient (Wildman–Crippen LogP) is 1.55. The maximum absolute atomic E-state index is 12.1. The van der Waals surface area contributed by atoms with Gasteiger partial charge < -0.3 is 19.5 Å². The van der Waals surface area contributed by atoms with Crippen molar-refractivity contribution in [1.29, 1.82) is 0 Å². The molecule has 1 heterocycles. The molecule has 3 rings (SSSR count). The molecule has 1 aromatic rings. The summed E-state index contributed by atoms with van der Waals surface area (Å²) in [5, 5.41) is 9.11. The highest BCUT2D eigenvalue weighted by Gasteiger charge is 2.59. The first-order valence-corrected chi connectivity index (χ1v) is 7.94. The monoisotopic (exact) mass is 319 g/mol. The van der Waals surface area contributed by atoms with Crippen LogP contribution in [0, 0.1) is 5.41 Å². The van der Waals surface area contributed by atoms with Crippen molar-refractivity contribution in [1.82, 2.24) is 4.90 Å². The summed E-state index contributed by atoms with van der Waals surface area (Å²) in [7, 11) is 0. The fraction of sp³-hybridized carbons (Fsp3) is 0.529. The molecule has 1 aliphatic heterocycles. The minimum atomic E-state index is -1.13. The molecule has 2 fully saturated rings. The van der Waals surface area contributed by atoms with E-state index in [9.17, 15) is 9.59 Å². The molecule has 0 spiro atoms. The number of carbonyl (C=O) groups excluding carboxylic acids is 1. The lowest BCUT2D eigenvalue weighted by Gasteiger charge is -2.40. The number of likely N-dealkylation sites (tertiary alicyclic amines) is 1. The molecule has 1 saturated carbocycles. The number of rotatable bonds is 8. The van der Waals surface area contributed by atoms with Crippen LogP contribution in [0.4, 0.5) is 0 Å². The van der Waals surface area contributed by atoms with E-state index >= 15 is 0 Å². The number of nitrogens with zero attached hydrogens (tertiary/aromatic N) is 1. The summed E-state index contributed by atoms with van der Waals surface area (Å²) in [6, 6.07) is 9.61. The Morgan fingerprint density at radius 3 is 2.48 bits per heavy atom. The number of benzene rings is 1. The van der Waals surface area contributed by atoms with Gasteiger partial charge >= 0.3 is 5.97 Å². The minimum Gasteiger partial charge on any atom is -0.494 e. The quantitative estimate of drug-likeness (QED) is 0.581. The van der Waals surface area contributed by atoms with Crippen molar-refractivity contribution in [3.8, 4) is 5.75 Å². The highest BCUT2D eigenvalue weighted by atomic mass is 16.5. The second kappa shape index (κ2) is 6.58. The van der Waals surface area contributed by atoms with Gasteiger partial charge in [0.05, 0.1) is 19.3 Å². The zero-order chi connectivity index (χ0) is 16.3. The van der Waals surface area contributed by atoms with Crippen LogP contribution in [0.25, 0.3) is 0 Å². The lowest BCUT2D eigenvalue weighted by molar-refractivity contribution is -0.161. The number of amides is 1. The molecule has 124 valence electrons. The third kappa shape index (κ3) is 3.47. The van der Waals surface area contributed by atoms with E-state index in [1.165, 1.54) is 0 Å². The third-order valence-corrected chi connectivity index (χ3v) is 4.36. The van der Waals surface area contributed by atoms with E-state index in [0.29, 0.717) is 39.1 Å². The molecular weight excluding hydrogens is 298 g/mol.